The van der Waals surface area contributed by atoms with E-state index in [-0.39, 0.29) is 26.1 Å². The van der Waals surface area contributed by atoms with Crippen molar-refractivity contribution in [3.8, 4) is 0 Å². The first-order chi connectivity index (χ1) is 24.0. The molecule has 0 heterocycles. The van der Waals surface area contributed by atoms with Crippen LogP contribution in [0.15, 0.2) is 85.1 Å². The van der Waals surface area contributed by atoms with Crippen LogP contribution in [0.4, 0.5) is 0 Å². The van der Waals surface area contributed by atoms with Crippen LogP contribution in [0.2, 0.25) is 0 Å². The minimum absolute atomic E-state index is 0.0567. The molecule has 0 rings (SSSR count). The molecule has 0 aliphatic carbocycles. The monoisotopic (exact) mass is 719 g/mol. The molecule has 2 atom stereocenters. The molecule has 0 fully saturated rings. The number of ether oxygens (including phenoxy) is 2. The van der Waals surface area contributed by atoms with Gasteiger partial charge in [-0.2, -0.15) is 0 Å². The Bertz CT molecular complexity index is 1130. The van der Waals surface area contributed by atoms with Gasteiger partial charge in [0, 0.05) is 12.8 Å². The maximum Gasteiger partial charge on any atom is 0.306 e. The molecular formula is C40H66NO8P. The smallest absolute Gasteiger partial charge is 0.306 e. The number of allylic oxidation sites excluding steroid dienone is 14. The highest BCUT2D eigenvalue weighted by molar-refractivity contribution is 7.45. The Balaban J connectivity index is 4.70. The van der Waals surface area contributed by atoms with Crippen molar-refractivity contribution in [3.05, 3.63) is 85.1 Å². The summed E-state index contributed by atoms with van der Waals surface area (Å²) in [4.78, 5) is 37.2. The molecular weight excluding hydrogens is 653 g/mol. The van der Waals surface area contributed by atoms with Crippen LogP contribution in [0.5, 0.6) is 0 Å². The Hall–Kier alpha value is -2.81. The lowest BCUT2D eigenvalue weighted by Crippen LogP contribution is -2.37. The molecule has 0 aliphatic rings. The molecule has 0 saturated heterocycles. The lowest BCUT2D eigenvalue weighted by Gasteiger charge is -2.28. The second kappa shape index (κ2) is 32.1. The Morgan fingerprint density at radius 3 is 1.92 bits per heavy atom. The van der Waals surface area contributed by atoms with Crippen molar-refractivity contribution in [1.29, 1.82) is 0 Å². The van der Waals surface area contributed by atoms with E-state index >= 15 is 0 Å². The molecule has 0 spiro atoms. The van der Waals surface area contributed by atoms with E-state index in [2.05, 4.69) is 32.1 Å². The summed E-state index contributed by atoms with van der Waals surface area (Å²) in [6.07, 6.45) is 39.3. The van der Waals surface area contributed by atoms with Crippen LogP contribution in [0, 0.1) is 0 Å². The molecule has 9 nitrogen and oxygen atoms in total. The number of rotatable bonds is 31. The third kappa shape index (κ3) is 35.0. The van der Waals surface area contributed by atoms with E-state index in [1.54, 1.807) is 0 Å². The molecule has 0 aromatic heterocycles. The molecule has 0 N–H and O–H groups in total. The van der Waals surface area contributed by atoms with Crippen molar-refractivity contribution < 1.29 is 42.1 Å². The summed E-state index contributed by atoms with van der Waals surface area (Å²) in [5.41, 5.74) is 0. The van der Waals surface area contributed by atoms with Crippen molar-refractivity contribution in [1.82, 2.24) is 0 Å². The number of likely N-dealkylation sites (N-methyl/N-ethyl adjacent to an activating group) is 1. The van der Waals surface area contributed by atoms with E-state index in [1.165, 1.54) is 38.5 Å². The fraction of sp³-hybridized carbons (Fsp3) is 0.600. The lowest BCUT2D eigenvalue weighted by atomic mass is 10.1. The van der Waals surface area contributed by atoms with Crippen LogP contribution in [0.3, 0.4) is 0 Å². The van der Waals surface area contributed by atoms with Crippen LogP contribution in [-0.2, 0) is 32.7 Å². The van der Waals surface area contributed by atoms with E-state index in [0.29, 0.717) is 30.3 Å². The number of phosphoric ester groups is 1. The van der Waals surface area contributed by atoms with Crippen LogP contribution < -0.4 is 4.89 Å². The topological polar surface area (TPSA) is 111 Å². The van der Waals surface area contributed by atoms with Gasteiger partial charge in [-0.05, 0) is 44.9 Å². The lowest BCUT2D eigenvalue weighted by molar-refractivity contribution is -0.870. The van der Waals surface area contributed by atoms with E-state index in [0.717, 1.165) is 19.3 Å². The highest BCUT2D eigenvalue weighted by Gasteiger charge is 2.21. The van der Waals surface area contributed by atoms with Crippen LogP contribution in [0.25, 0.3) is 0 Å². The van der Waals surface area contributed by atoms with Gasteiger partial charge in [0.15, 0.2) is 6.10 Å². The summed E-state index contributed by atoms with van der Waals surface area (Å²) in [6, 6.07) is 0. The minimum Gasteiger partial charge on any atom is -0.756 e. The van der Waals surface area contributed by atoms with Gasteiger partial charge in [-0.15, -0.1) is 0 Å². The van der Waals surface area contributed by atoms with Gasteiger partial charge < -0.3 is 27.9 Å². The molecule has 0 bridgehead atoms. The summed E-state index contributed by atoms with van der Waals surface area (Å²) in [5, 5.41) is 0. The first-order valence-corrected chi connectivity index (χ1v) is 19.8. The molecule has 0 saturated carbocycles. The SMILES string of the molecule is CC/C=C/C=C/C=C/C=C/C=C/CCCC(=O)OC(COC(=O)CC/C=C/C/C=C/CCCCCCCC)COP(=O)([O-])OCC[N+](C)(C)C. The number of phosphoric acid groups is 1. The van der Waals surface area contributed by atoms with Gasteiger partial charge >= 0.3 is 11.9 Å². The van der Waals surface area contributed by atoms with E-state index < -0.39 is 32.5 Å². The van der Waals surface area contributed by atoms with Crippen molar-refractivity contribution >= 4 is 19.8 Å². The molecule has 0 aliphatic heterocycles. The van der Waals surface area contributed by atoms with Crippen molar-refractivity contribution in [2.24, 2.45) is 0 Å². The Morgan fingerprint density at radius 2 is 1.26 bits per heavy atom. The van der Waals surface area contributed by atoms with Gasteiger partial charge in [0.2, 0.25) is 0 Å². The van der Waals surface area contributed by atoms with Gasteiger partial charge in [0.1, 0.15) is 19.8 Å². The van der Waals surface area contributed by atoms with Crippen molar-refractivity contribution in [3.63, 3.8) is 0 Å². The quantitative estimate of drug-likeness (QED) is 0.0174. The zero-order valence-electron chi connectivity index (χ0n) is 31.5. The molecule has 2 unspecified atom stereocenters. The Morgan fingerprint density at radius 1 is 0.660 bits per heavy atom. The number of esters is 2. The normalized spacial score (nSPS) is 14.8. The van der Waals surface area contributed by atoms with Crippen molar-refractivity contribution in [2.75, 3.05) is 47.5 Å². The van der Waals surface area contributed by atoms with Crippen LogP contribution >= 0.6 is 7.82 Å². The molecule has 10 heteroatoms. The standard InChI is InChI=1S/C40H66NO8P/c1-6-8-10-12-14-16-18-20-22-24-26-28-30-32-39(42)46-36-38(37-48-50(44,45)47-35-34-41(3,4)5)49-40(43)33-31-29-27-25-23-21-19-17-15-13-11-9-7-2/h9,11,13,15,17,19-23,25-28,38H,6-8,10,12,14,16,18,24,29-37H2,1-5H3/b11-9+,15-13+,19-17+,22-20+,23-21+,27-25+,28-26+. The summed E-state index contributed by atoms with van der Waals surface area (Å²) < 4.78 is 33.5. The molecule has 0 radical (unpaired) electrons. The molecule has 50 heavy (non-hydrogen) atoms. The second-order valence-corrected chi connectivity index (χ2v) is 14.4. The Kier molecular flexibility index (Phi) is 30.3. The maximum absolute atomic E-state index is 12.5. The van der Waals surface area contributed by atoms with E-state index in [1.807, 2.05) is 88.0 Å². The number of carbonyl (C=O) groups excluding carboxylic acids is 2. The third-order valence-corrected chi connectivity index (χ3v) is 8.00. The van der Waals surface area contributed by atoms with E-state index in [9.17, 15) is 19.0 Å². The summed E-state index contributed by atoms with van der Waals surface area (Å²) >= 11 is 0. The highest BCUT2D eigenvalue weighted by Crippen LogP contribution is 2.38. The molecule has 284 valence electrons. The summed E-state index contributed by atoms with van der Waals surface area (Å²) in [7, 11) is 1.07. The van der Waals surface area contributed by atoms with Gasteiger partial charge in [-0.1, -0.05) is 131 Å². The van der Waals surface area contributed by atoms with E-state index in [4.69, 9.17) is 18.5 Å². The average Bonchev–Trinajstić information content (AvgIpc) is 3.06. The number of unbranched alkanes of at least 4 members (excludes halogenated alkanes) is 7. The fourth-order valence-electron chi connectivity index (χ4n) is 4.15. The van der Waals surface area contributed by atoms with Crippen molar-refractivity contribution in [2.45, 2.75) is 110 Å². The van der Waals surface area contributed by atoms with Gasteiger partial charge in [0.05, 0.1) is 27.7 Å². The number of carbonyl (C=O) groups is 2. The average molecular weight is 720 g/mol. The number of hydrogen-bond donors (Lipinski definition) is 0. The largest absolute Gasteiger partial charge is 0.756 e. The predicted molar refractivity (Wildman–Crippen MR) is 203 cm³/mol. The fourth-order valence-corrected chi connectivity index (χ4v) is 4.87. The molecule has 0 aromatic carbocycles. The third-order valence-electron chi connectivity index (χ3n) is 7.04. The van der Waals surface area contributed by atoms with Crippen LogP contribution in [0.1, 0.15) is 104 Å². The molecule has 0 aromatic rings. The number of hydrogen-bond acceptors (Lipinski definition) is 8. The van der Waals surface area contributed by atoms with Crippen LogP contribution in [-0.4, -0.2) is 70.0 Å². The second-order valence-electron chi connectivity index (χ2n) is 13.0. The molecule has 0 amide bonds. The first kappa shape index (κ1) is 47.2. The van der Waals surface area contributed by atoms with Gasteiger partial charge in [0.25, 0.3) is 7.82 Å². The summed E-state index contributed by atoms with van der Waals surface area (Å²) in [5.74, 6) is -1.01. The number of quaternary nitrogens is 1. The predicted octanol–water partition coefficient (Wildman–Crippen LogP) is 9.04. The maximum atomic E-state index is 12.5. The highest BCUT2D eigenvalue weighted by atomic mass is 31.2. The Labute approximate surface area is 303 Å². The number of nitrogens with zero attached hydrogens (tertiary/aromatic N) is 1. The zero-order chi connectivity index (χ0) is 37.2. The summed E-state index contributed by atoms with van der Waals surface area (Å²) in [6.45, 7) is 3.87. The zero-order valence-corrected chi connectivity index (χ0v) is 32.4. The minimum atomic E-state index is -4.65. The van der Waals surface area contributed by atoms with Gasteiger partial charge in [-0.25, -0.2) is 0 Å². The van der Waals surface area contributed by atoms with Gasteiger partial charge in [-0.3, -0.25) is 14.2 Å². The first-order valence-electron chi connectivity index (χ1n) is 18.4.